The number of aryl methyl sites for hydroxylation is 1. The Labute approximate surface area is 110 Å². The Morgan fingerprint density at radius 1 is 1.39 bits per heavy atom. The van der Waals surface area contributed by atoms with Crippen LogP contribution in [0.3, 0.4) is 0 Å². The predicted octanol–water partition coefficient (Wildman–Crippen LogP) is 1.92. The van der Waals surface area contributed by atoms with E-state index in [4.69, 9.17) is 17.3 Å². The molecular weight excluding hydrogens is 252 g/mol. The zero-order valence-electron chi connectivity index (χ0n) is 10.1. The van der Waals surface area contributed by atoms with Gasteiger partial charge in [0, 0.05) is 12.1 Å². The minimum absolute atomic E-state index is 0.160. The lowest BCUT2D eigenvalue weighted by molar-refractivity contribution is -0.119. The number of rotatable bonds is 3. The van der Waals surface area contributed by atoms with Crippen molar-refractivity contribution in [2.24, 2.45) is 0 Å². The molecule has 18 heavy (non-hydrogen) atoms. The number of nitrogens with one attached hydrogen (secondary N) is 2. The van der Waals surface area contributed by atoms with Crippen LogP contribution < -0.4 is 10.6 Å². The molecule has 0 atom stereocenters. The summed E-state index contributed by atoms with van der Waals surface area (Å²) in [6.45, 7) is 3.53. The zero-order chi connectivity index (χ0) is 13.7. The fourth-order valence-corrected chi connectivity index (χ4v) is 1.48. The average Bonchev–Trinajstić information content (AvgIpc) is 2.31. The van der Waals surface area contributed by atoms with E-state index in [0.29, 0.717) is 12.1 Å². The molecule has 0 aliphatic carbocycles. The summed E-state index contributed by atoms with van der Waals surface area (Å²) in [5.41, 5.74) is 1.57. The second-order valence-electron chi connectivity index (χ2n) is 3.69. The summed E-state index contributed by atoms with van der Waals surface area (Å²) in [5, 5.41) is 14.3. The summed E-state index contributed by atoms with van der Waals surface area (Å²) >= 11 is 4.96. The Bertz CT molecular complexity index is 500. The molecule has 0 fully saturated rings. The third-order valence-corrected chi connectivity index (χ3v) is 2.51. The van der Waals surface area contributed by atoms with Crippen molar-refractivity contribution in [2.45, 2.75) is 20.3 Å². The number of thiocarbonyl (C=S) groups is 1. The van der Waals surface area contributed by atoms with Crippen molar-refractivity contribution in [2.75, 3.05) is 5.32 Å². The van der Waals surface area contributed by atoms with Gasteiger partial charge >= 0.3 is 5.97 Å². The number of carboxylic acid groups (broad SMARTS) is 1. The first-order valence-electron chi connectivity index (χ1n) is 5.38. The topological polar surface area (TPSA) is 78.4 Å². The minimum atomic E-state index is -1.01. The molecule has 5 nitrogen and oxygen atoms in total. The van der Waals surface area contributed by atoms with E-state index < -0.39 is 5.97 Å². The zero-order valence-corrected chi connectivity index (χ0v) is 10.9. The van der Waals surface area contributed by atoms with Gasteiger partial charge in [0.15, 0.2) is 5.11 Å². The Morgan fingerprint density at radius 3 is 2.61 bits per heavy atom. The minimum Gasteiger partial charge on any atom is -0.478 e. The Balaban J connectivity index is 2.83. The van der Waals surface area contributed by atoms with Gasteiger partial charge in [-0.1, -0.05) is 13.0 Å². The van der Waals surface area contributed by atoms with Gasteiger partial charge in [0.05, 0.1) is 5.56 Å². The van der Waals surface area contributed by atoms with E-state index in [9.17, 15) is 9.59 Å². The number of hydrogen-bond donors (Lipinski definition) is 3. The van der Waals surface area contributed by atoms with E-state index in [0.717, 1.165) is 5.56 Å². The molecule has 96 valence electrons. The molecule has 0 aliphatic heterocycles. The standard InChI is InChI=1S/C12H14N2O3S/c1-3-10(15)14-12(18)13-9-6-8(11(16)17)5-4-7(9)2/h4-6H,3H2,1-2H3,(H,16,17)(H2,13,14,15,18). The summed E-state index contributed by atoms with van der Waals surface area (Å²) in [5.74, 6) is -1.21. The molecule has 0 bridgehead atoms. The first kappa shape index (κ1) is 14.1. The normalized spacial score (nSPS) is 9.67. The van der Waals surface area contributed by atoms with Crippen LogP contribution in [0.1, 0.15) is 29.3 Å². The average molecular weight is 266 g/mol. The molecule has 1 aromatic rings. The summed E-state index contributed by atoms with van der Waals surface area (Å²) < 4.78 is 0. The van der Waals surface area contributed by atoms with Crippen LogP contribution in [0.25, 0.3) is 0 Å². The van der Waals surface area contributed by atoms with Crippen LogP contribution in [0.15, 0.2) is 18.2 Å². The molecule has 0 saturated heterocycles. The van der Waals surface area contributed by atoms with E-state index in [2.05, 4.69) is 10.6 Å². The fraction of sp³-hybridized carbons (Fsp3) is 0.250. The maximum absolute atomic E-state index is 11.1. The molecule has 3 N–H and O–H groups in total. The number of anilines is 1. The molecule has 6 heteroatoms. The second-order valence-corrected chi connectivity index (χ2v) is 4.10. The van der Waals surface area contributed by atoms with Crippen LogP contribution in [0.2, 0.25) is 0 Å². The predicted molar refractivity (Wildman–Crippen MR) is 72.8 cm³/mol. The highest BCUT2D eigenvalue weighted by Gasteiger charge is 2.08. The van der Waals surface area contributed by atoms with Gasteiger partial charge in [0.1, 0.15) is 0 Å². The van der Waals surface area contributed by atoms with Crippen LogP contribution in [0.4, 0.5) is 5.69 Å². The number of hydrogen-bond acceptors (Lipinski definition) is 3. The van der Waals surface area contributed by atoms with E-state index >= 15 is 0 Å². The SMILES string of the molecule is CCC(=O)NC(=S)Nc1cc(C(=O)O)ccc1C. The lowest BCUT2D eigenvalue weighted by atomic mass is 10.1. The lowest BCUT2D eigenvalue weighted by Gasteiger charge is -2.11. The molecule has 0 aliphatic rings. The Kier molecular flexibility index (Phi) is 4.79. The maximum atomic E-state index is 11.1. The van der Waals surface area contributed by atoms with E-state index in [1.807, 2.05) is 6.92 Å². The Morgan fingerprint density at radius 2 is 2.06 bits per heavy atom. The van der Waals surface area contributed by atoms with Crippen molar-refractivity contribution in [3.8, 4) is 0 Å². The largest absolute Gasteiger partial charge is 0.478 e. The van der Waals surface area contributed by atoms with E-state index in [1.54, 1.807) is 13.0 Å². The molecule has 0 heterocycles. The van der Waals surface area contributed by atoms with Gasteiger partial charge in [-0.25, -0.2) is 4.79 Å². The highest BCUT2D eigenvalue weighted by Crippen LogP contribution is 2.16. The van der Waals surface area contributed by atoms with Crippen molar-refractivity contribution in [1.82, 2.24) is 5.32 Å². The van der Waals surface area contributed by atoms with Gasteiger partial charge in [-0.3, -0.25) is 4.79 Å². The monoisotopic (exact) mass is 266 g/mol. The molecule has 0 saturated carbocycles. The fourth-order valence-electron chi connectivity index (χ4n) is 1.26. The van der Waals surface area contributed by atoms with Crippen molar-refractivity contribution < 1.29 is 14.7 Å². The van der Waals surface area contributed by atoms with Crippen LogP contribution in [0.5, 0.6) is 0 Å². The molecule has 0 spiro atoms. The van der Waals surface area contributed by atoms with Gasteiger partial charge in [-0.15, -0.1) is 0 Å². The number of carboxylic acids is 1. The highest BCUT2D eigenvalue weighted by molar-refractivity contribution is 7.80. The quantitative estimate of drug-likeness (QED) is 0.728. The van der Waals surface area contributed by atoms with E-state index in [1.165, 1.54) is 12.1 Å². The van der Waals surface area contributed by atoms with Crippen LogP contribution in [-0.2, 0) is 4.79 Å². The molecule has 0 aromatic heterocycles. The molecule has 1 rings (SSSR count). The molecule has 0 unspecified atom stereocenters. The number of carbonyl (C=O) groups is 2. The molecule has 1 aromatic carbocycles. The van der Waals surface area contributed by atoms with Gasteiger partial charge in [-0.05, 0) is 36.8 Å². The highest BCUT2D eigenvalue weighted by atomic mass is 32.1. The van der Waals surface area contributed by atoms with E-state index in [-0.39, 0.29) is 16.6 Å². The summed E-state index contributed by atoms with van der Waals surface area (Å²) in [4.78, 5) is 22.0. The smallest absolute Gasteiger partial charge is 0.335 e. The lowest BCUT2D eigenvalue weighted by Crippen LogP contribution is -2.33. The van der Waals surface area contributed by atoms with Crippen LogP contribution in [-0.4, -0.2) is 22.1 Å². The third-order valence-electron chi connectivity index (χ3n) is 2.31. The summed E-state index contributed by atoms with van der Waals surface area (Å²) in [6.07, 6.45) is 0.329. The third kappa shape index (κ3) is 3.81. The molecule has 1 amide bonds. The number of benzene rings is 1. The van der Waals surface area contributed by atoms with Gasteiger partial charge < -0.3 is 15.7 Å². The number of aromatic carboxylic acids is 1. The first-order chi connectivity index (χ1) is 8.43. The van der Waals surface area contributed by atoms with Crippen molar-refractivity contribution in [3.63, 3.8) is 0 Å². The first-order valence-corrected chi connectivity index (χ1v) is 5.79. The van der Waals surface area contributed by atoms with Gasteiger partial charge in [-0.2, -0.15) is 0 Å². The second kappa shape index (κ2) is 6.11. The summed E-state index contributed by atoms with van der Waals surface area (Å²) in [7, 11) is 0. The van der Waals surface area contributed by atoms with Crippen LogP contribution in [0, 0.1) is 6.92 Å². The van der Waals surface area contributed by atoms with Crippen molar-refractivity contribution in [3.05, 3.63) is 29.3 Å². The maximum Gasteiger partial charge on any atom is 0.335 e. The van der Waals surface area contributed by atoms with Gasteiger partial charge in [0.25, 0.3) is 0 Å². The molecular formula is C12H14N2O3S. The Hall–Kier alpha value is -1.95. The number of carbonyl (C=O) groups excluding carboxylic acids is 1. The summed E-state index contributed by atoms with van der Waals surface area (Å²) in [6, 6.07) is 4.66. The number of amides is 1. The van der Waals surface area contributed by atoms with Crippen molar-refractivity contribution >= 4 is 34.9 Å². The van der Waals surface area contributed by atoms with Crippen LogP contribution >= 0.6 is 12.2 Å². The van der Waals surface area contributed by atoms with Crippen molar-refractivity contribution in [1.29, 1.82) is 0 Å². The molecule has 0 radical (unpaired) electrons. The van der Waals surface area contributed by atoms with Gasteiger partial charge in [0.2, 0.25) is 5.91 Å².